The Morgan fingerprint density at radius 3 is 2.62 bits per heavy atom. The molecule has 0 bridgehead atoms. The van der Waals surface area contributed by atoms with Crippen LogP contribution in [-0.4, -0.2) is 34.9 Å². The van der Waals surface area contributed by atoms with Crippen LogP contribution < -0.4 is 10.6 Å². The zero-order valence-electron chi connectivity index (χ0n) is 12.6. The van der Waals surface area contributed by atoms with E-state index in [-0.39, 0.29) is 18.7 Å². The van der Waals surface area contributed by atoms with E-state index in [0.717, 1.165) is 19.4 Å². The van der Waals surface area contributed by atoms with Gasteiger partial charge in [0.15, 0.2) is 0 Å². The Hall–Kier alpha value is -1.49. The summed E-state index contributed by atoms with van der Waals surface area (Å²) in [5, 5.41) is 15.2. The van der Waals surface area contributed by atoms with Crippen LogP contribution in [0.4, 0.5) is 4.79 Å². The van der Waals surface area contributed by atoms with Gasteiger partial charge in [-0.25, -0.2) is 4.79 Å². The van der Waals surface area contributed by atoms with E-state index >= 15 is 0 Å². The number of nitrogens with one attached hydrogen (secondary N) is 2. The second-order valence-electron chi connectivity index (χ2n) is 5.84. The molecule has 1 aliphatic carbocycles. The van der Waals surface area contributed by atoms with Crippen LogP contribution >= 0.6 is 0 Å². The first-order valence-corrected chi connectivity index (χ1v) is 8.05. The number of hydrogen-bond donors (Lipinski definition) is 3. The monoisotopic (exact) mass is 293 g/mol. The van der Waals surface area contributed by atoms with Crippen LogP contribution in [0, 0.1) is 5.92 Å². The lowest BCUT2D eigenvalue weighted by Gasteiger charge is -2.30. The summed E-state index contributed by atoms with van der Waals surface area (Å²) in [6, 6.07) is 3.92. The van der Waals surface area contributed by atoms with Gasteiger partial charge in [0.1, 0.15) is 0 Å². The minimum absolute atomic E-state index is 0.0990. The van der Waals surface area contributed by atoms with E-state index in [4.69, 9.17) is 0 Å². The van der Waals surface area contributed by atoms with Crippen LogP contribution in [0.1, 0.15) is 38.5 Å². The Bertz CT molecular complexity index is 400. The maximum absolute atomic E-state index is 12.0. The molecule has 1 aliphatic rings. The number of carbonyl (C=O) groups excluding carboxylic acids is 1. The van der Waals surface area contributed by atoms with Crippen LogP contribution in [0.25, 0.3) is 0 Å². The topological polar surface area (TPSA) is 66.3 Å². The Labute approximate surface area is 126 Å². The Kier molecular flexibility index (Phi) is 6.60. The van der Waals surface area contributed by atoms with Crippen LogP contribution in [0.15, 0.2) is 24.5 Å². The molecule has 1 aromatic heterocycles. The minimum Gasteiger partial charge on any atom is -0.396 e. The number of urea groups is 1. The molecule has 0 radical (unpaired) electrons. The molecule has 1 atom stereocenters. The first-order chi connectivity index (χ1) is 10.3. The lowest BCUT2D eigenvalue weighted by Crippen LogP contribution is -2.47. The van der Waals surface area contributed by atoms with E-state index in [1.807, 2.05) is 29.1 Å². The quantitative estimate of drug-likeness (QED) is 0.721. The van der Waals surface area contributed by atoms with Crippen molar-refractivity contribution in [1.29, 1.82) is 0 Å². The van der Waals surface area contributed by atoms with Gasteiger partial charge in [-0.3, -0.25) is 0 Å². The van der Waals surface area contributed by atoms with E-state index in [2.05, 4.69) is 10.6 Å². The fraction of sp³-hybridized carbons (Fsp3) is 0.688. The number of aliphatic hydroxyl groups is 1. The first-order valence-electron chi connectivity index (χ1n) is 8.05. The molecule has 0 aromatic carbocycles. The summed E-state index contributed by atoms with van der Waals surface area (Å²) >= 11 is 0. The van der Waals surface area contributed by atoms with Gasteiger partial charge in [0.05, 0.1) is 0 Å². The molecule has 0 saturated heterocycles. The van der Waals surface area contributed by atoms with Crippen LogP contribution in [-0.2, 0) is 6.54 Å². The van der Waals surface area contributed by atoms with Crippen molar-refractivity contribution in [2.75, 3.05) is 13.2 Å². The van der Waals surface area contributed by atoms with E-state index < -0.39 is 0 Å². The second kappa shape index (κ2) is 8.72. The number of hydrogen-bond acceptors (Lipinski definition) is 2. The van der Waals surface area contributed by atoms with Crippen molar-refractivity contribution in [3.8, 4) is 0 Å². The average Bonchev–Trinajstić information content (AvgIpc) is 3.01. The molecular weight excluding hydrogens is 266 g/mol. The van der Waals surface area contributed by atoms with Crippen molar-refractivity contribution in [2.45, 2.75) is 51.1 Å². The van der Waals surface area contributed by atoms with Gasteiger partial charge in [0.25, 0.3) is 0 Å². The fourth-order valence-electron chi connectivity index (χ4n) is 3.14. The molecule has 118 valence electrons. The van der Waals surface area contributed by atoms with Gasteiger partial charge in [-0.2, -0.15) is 0 Å². The minimum atomic E-state index is -0.119. The molecule has 1 saturated carbocycles. The molecular formula is C16H27N3O2. The van der Waals surface area contributed by atoms with Crippen molar-refractivity contribution >= 4 is 6.03 Å². The third-order valence-corrected chi connectivity index (χ3v) is 4.30. The summed E-state index contributed by atoms with van der Waals surface area (Å²) in [6.07, 6.45) is 10.7. The molecule has 1 aromatic rings. The zero-order valence-corrected chi connectivity index (χ0v) is 12.6. The van der Waals surface area contributed by atoms with Crippen molar-refractivity contribution in [1.82, 2.24) is 15.2 Å². The van der Waals surface area contributed by atoms with Gasteiger partial charge in [-0.1, -0.05) is 19.3 Å². The molecule has 1 heterocycles. The predicted molar refractivity (Wildman–Crippen MR) is 83.0 cm³/mol. The first kappa shape index (κ1) is 15.9. The van der Waals surface area contributed by atoms with Crippen molar-refractivity contribution in [3.05, 3.63) is 24.5 Å². The summed E-state index contributed by atoms with van der Waals surface area (Å²) in [4.78, 5) is 12.0. The molecule has 5 heteroatoms. The van der Waals surface area contributed by atoms with Crippen molar-refractivity contribution in [3.63, 3.8) is 0 Å². The summed E-state index contributed by atoms with van der Waals surface area (Å²) in [7, 11) is 0. The lowest BCUT2D eigenvalue weighted by atomic mass is 9.83. The molecule has 3 N–H and O–H groups in total. The van der Waals surface area contributed by atoms with E-state index in [1.54, 1.807) is 0 Å². The van der Waals surface area contributed by atoms with Gasteiger partial charge in [-0.05, 0) is 37.3 Å². The van der Waals surface area contributed by atoms with Crippen LogP contribution in [0.2, 0.25) is 0 Å². The smallest absolute Gasteiger partial charge is 0.315 e. The third-order valence-electron chi connectivity index (χ3n) is 4.30. The van der Waals surface area contributed by atoms with Crippen molar-refractivity contribution < 1.29 is 9.90 Å². The Morgan fingerprint density at radius 2 is 1.95 bits per heavy atom. The number of rotatable bonds is 7. The standard InChI is InChI=1S/C16H27N3O2/c20-13-8-15(14-6-2-1-3-7-14)18-16(21)17-9-12-19-10-4-5-11-19/h4-5,10-11,14-15,20H,1-3,6-9,12-13H2,(H2,17,18,21). The summed E-state index contributed by atoms with van der Waals surface area (Å²) in [6.45, 7) is 1.51. The number of nitrogens with zero attached hydrogens (tertiary/aromatic N) is 1. The maximum atomic E-state index is 12.0. The molecule has 1 fully saturated rings. The SMILES string of the molecule is O=C(NCCn1cccc1)NC(CCO)C1CCCCC1. The number of amides is 2. The second-order valence-corrected chi connectivity index (χ2v) is 5.84. The van der Waals surface area contributed by atoms with Crippen LogP contribution in [0.3, 0.4) is 0 Å². The van der Waals surface area contributed by atoms with Crippen LogP contribution in [0.5, 0.6) is 0 Å². The summed E-state index contributed by atoms with van der Waals surface area (Å²) in [5.74, 6) is 0.515. The highest BCUT2D eigenvalue weighted by molar-refractivity contribution is 5.74. The van der Waals surface area contributed by atoms with Gasteiger partial charge in [-0.15, -0.1) is 0 Å². The van der Waals surface area contributed by atoms with Gasteiger partial charge >= 0.3 is 6.03 Å². The molecule has 21 heavy (non-hydrogen) atoms. The van der Waals surface area contributed by atoms with Gasteiger partial charge < -0.3 is 20.3 Å². The third kappa shape index (κ3) is 5.42. The zero-order chi connectivity index (χ0) is 14.9. The molecule has 5 nitrogen and oxygen atoms in total. The van der Waals surface area contributed by atoms with Gasteiger partial charge in [0, 0.05) is 38.1 Å². The molecule has 1 unspecified atom stereocenters. The predicted octanol–water partition coefficient (Wildman–Crippen LogP) is 2.12. The highest BCUT2D eigenvalue weighted by atomic mass is 16.3. The lowest BCUT2D eigenvalue weighted by molar-refractivity contribution is 0.196. The van der Waals surface area contributed by atoms with E-state index in [1.165, 1.54) is 19.3 Å². The molecule has 0 spiro atoms. The average molecular weight is 293 g/mol. The summed E-state index contributed by atoms with van der Waals surface area (Å²) < 4.78 is 2.03. The fourth-order valence-corrected chi connectivity index (χ4v) is 3.14. The molecule has 0 aliphatic heterocycles. The Balaban J connectivity index is 1.72. The normalized spacial score (nSPS) is 17.4. The largest absolute Gasteiger partial charge is 0.396 e. The number of carbonyl (C=O) groups is 1. The number of aromatic nitrogens is 1. The van der Waals surface area contributed by atoms with Crippen molar-refractivity contribution in [2.24, 2.45) is 5.92 Å². The van der Waals surface area contributed by atoms with E-state index in [0.29, 0.717) is 18.9 Å². The maximum Gasteiger partial charge on any atom is 0.315 e. The summed E-state index contributed by atoms with van der Waals surface area (Å²) in [5.41, 5.74) is 0. The van der Waals surface area contributed by atoms with Gasteiger partial charge in [0.2, 0.25) is 0 Å². The van der Waals surface area contributed by atoms with E-state index in [9.17, 15) is 9.90 Å². The highest BCUT2D eigenvalue weighted by Gasteiger charge is 2.24. The Morgan fingerprint density at radius 1 is 1.24 bits per heavy atom. The molecule has 2 rings (SSSR count). The highest BCUT2D eigenvalue weighted by Crippen LogP contribution is 2.27. The number of aliphatic hydroxyl groups excluding tert-OH is 1. The molecule has 2 amide bonds.